The minimum Gasteiger partial charge on any atom is -0.367 e. The Kier molecular flexibility index (Phi) is 6.05. The average Bonchev–Trinajstić information content (AvgIpc) is 3.46. The van der Waals surface area contributed by atoms with Gasteiger partial charge in [-0.1, -0.05) is 11.3 Å². The van der Waals surface area contributed by atoms with Crippen molar-refractivity contribution in [1.29, 1.82) is 0 Å². The molecule has 1 saturated heterocycles. The van der Waals surface area contributed by atoms with E-state index < -0.39 is 24.3 Å². The number of alkyl halides is 2. The highest BCUT2D eigenvalue weighted by molar-refractivity contribution is 7.22. The van der Waals surface area contributed by atoms with E-state index in [0.29, 0.717) is 38.0 Å². The van der Waals surface area contributed by atoms with Crippen LogP contribution in [0.1, 0.15) is 25.1 Å². The molecule has 13 heteroatoms. The highest BCUT2D eigenvalue weighted by atomic mass is 32.1. The minimum atomic E-state index is -2.75. The second-order valence-electron chi connectivity index (χ2n) is 8.41. The summed E-state index contributed by atoms with van der Waals surface area (Å²) in [7, 11) is 3.66. The molecule has 0 spiro atoms. The van der Waals surface area contributed by atoms with Crippen molar-refractivity contribution < 1.29 is 22.3 Å². The predicted molar refractivity (Wildman–Crippen MR) is 124 cm³/mol. The Balaban J connectivity index is 1.58. The van der Waals surface area contributed by atoms with E-state index in [1.54, 1.807) is 0 Å². The first-order valence-corrected chi connectivity index (χ1v) is 11.5. The summed E-state index contributed by atoms with van der Waals surface area (Å²) in [6, 6.07) is 3.33. The number of halogens is 4. The fourth-order valence-electron chi connectivity index (χ4n) is 3.92. The molecule has 184 valence electrons. The van der Waals surface area contributed by atoms with Gasteiger partial charge in [0.25, 0.3) is 0 Å². The van der Waals surface area contributed by atoms with Crippen LogP contribution in [0.4, 0.5) is 28.6 Å². The number of fused-ring (bicyclic) bond motifs is 1. The van der Waals surface area contributed by atoms with Crippen LogP contribution < -0.4 is 9.80 Å². The standard InChI is InChI=1S/C22H21F4N7OS/c1-11-8-32(10-16(34-11)12-7-27-33(9-12)20(25)26)21-28-17(14-5-4-13(23)6-15(14)24)18-19(29-21)30-22(35-18)31(2)3/h4-7,9,11,16,20H,8,10H2,1-3H3/t11?,16-/m1/s1. The summed E-state index contributed by atoms with van der Waals surface area (Å²) in [5.41, 5.74) is 1.30. The van der Waals surface area contributed by atoms with Crippen LogP contribution in [0.15, 0.2) is 30.6 Å². The highest BCUT2D eigenvalue weighted by Crippen LogP contribution is 2.37. The number of benzene rings is 1. The largest absolute Gasteiger partial charge is 0.367 e. The maximum absolute atomic E-state index is 14.8. The second-order valence-corrected chi connectivity index (χ2v) is 9.39. The first kappa shape index (κ1) is 23.4. The third kappa shape index (κ3) is 4.52. The summed E-state index contributed by atoms with van der Waals surface area (Å²) in [4.78, 5) is 17.5. The zero-order valence-corrected chi connectivity index (χ0v) is 19.8. The predicted octanol–water partition coefficient (Wildman–Crippen LogP) is 4.66. The number of thiazole rings is 1. The van der Waals surface area contributed by atoms with Gasteiger partial charge in [0.15, 0.2) is 10.8 Å². The molecule has 35 heavy (non-hydrogen) atoms. The van der Waals surface area contributed by atoms with Crippen molar-refractivity contribution in [3.05, 3.63) is 47.8 Å². The van der Waals surface area contributed by atoms with Crippen molar-refractivity contribution in [3.8, 4) is 11.3 Å². The van der Waals surface area contributed by atoms with Crippen molar-refractivity contribution in [3.63, 3.8) is 0 Å². The Bertz CT molecular complexity index is 1380. The van der Waals surface area contributed by atoms with Gasteiger partial charge in [-0.3, -0.25) is 0 Å². The summed E-state index contributed by atoms with van der Waals surface area (Å²) in [5.74, 6) is -1.15. The molecule has 1 aliphatic rings. The van der Waals surface area contributed by atoms with E-state index in [0.717, 1.165) is 6.07 Å². The summed E-state index contributed by atoms with van der Waals surface area (Å²) in [6.45, 7) is -0.222. The number of rotatable bonds is 5. The third-order valence-corrected chi connectivity index (χ3v) is 6.76. The van der Waals surface area contributed by atoms with E-state index in [1.807, 2.05) is 30.8 Å². The van der Waals surface area contributed by atoms with Gasteiger partial charge in [0.2, 0.25) is 5.95 Å². The average molecular weight is 508 g/mol. The van der Waals surface area contributed by atoms with Crippen LogP contribution >= 0.6 is 11.3 Å². The van der Waals surface area contributed by atoms with E-state index in [2.05, 4.69) is 20.1 Å². The Morgan fingerprint density at radius 3 is 2.63 bits per heavy atom. The Morgan fingerprint density at radius 1 is 1.14 bits per heavy atom. The van der Waals surface area contributed by atoms with Gasteiger partial charge >= 0.3 is 6.55 Å². The van der Waals surface area contributed by atoms with Gasteiger partial charge in [-0.25, -0.2) is 18.4 Å². The molecule has 1 aromatic carbocycles. The fourth-order valence-corrected chi connectivity index (χ4v) is 4.86. The second kappa shape index (κ2) is 9.04. The van der Waals surface area contributed by atoms with Gasteiger partial charge in [0.05, 0.1) is 24.5 Å². The van der Waals surface area contributed by atoms with Gasteiger partial charge < -0.3 is 14.5 Å². The monoisotopic (exact) mass is 507 g/mol. The summed E-state index contributed by atoms with van der Waals surface area (Å²) in [5, 5.41) is 4.35. The first-order valence-electron chi connectivity index (χ1n) is 10.7. The SMILES string of the molecule is CC1CN(c2nc(-c3ccc(F)cc3F)c3sc(N(C)C)nc3n2)C[C@H](c2cnn(C(F)F)c2)O1. The molecule has 2 atom stereocenters. The van der Waals surface area contributed by atoms with Crippen LogP contribution in [-0.4, -0.2) is 58.0 Å². The Hall–Kier alpha value is -3.32. The van der Waals surface area contributed by atoms with E-state index >= 15 is 0 Å². The first-order chi connectivity index (χ1) is 16.7. The molecule has 5 rings (SSSR count). The molecular weight excluding hydrogens is 486 g/mol. The number of hydrogen-bond donors (Lipinski definition) is 0. The molecule has 8 nitrogen and oxygen atoms in total. The lowest BCUT2D eigenvalue weighted by molar-refractivity contribution is -0.0181. The molecule has 0 N–H and O–H groups in total. The molecule has 1 aliphatic heterocycles. The van der Waals surface area contributed by atoms with Crippen LogP contribution in [0, 0.1) is 11.6 Å². The molecule has 0 bridgehead atoms. The lowest BCUT2D eigenvalue weighted by Crippen LogP contribution is -2.43. The third-order valence-electron chi connectivity index (χ3n) is 5.54. The van der Waals surface area contributed by atoms with Gasteiger partial charge in [0.1, 0.15) is 22.4 Å². The molecule has 0 aliphatic carbocycles. The van der Waals surface area contributed by atoms with Crippen LogP contribution in [0.3, 0.4) is 0 Å². The van der Waals surface area contributed by atoms with Crippen molar-refractivity contribution >= 4 is 32.8 Å². The molecule has 0 saturated carbocycles. The van der Waals surface area contributed by atoms with Crippen LogP contribution in [0.2, 0.25) is 0 Å². The molecule has 1 unspecified atom stereocenters. The van der Waals surface area contributed by atoms with Gasteiger partial charge in [-0.05, 0) is 19.1 Å². The van der Waals surface area contributed by atoms with Crippen molar-refractivity contribution in [2.45, 2.75) is 25.7 Å². The molecule has 1 fully saturated rings. The molecule has 4 heterocycles. The summed E-state index contributed by atoms with van der Waals surface area (Å²) in [6.07, 6.45) is 1.77. The van der Waals surface area contributed by atoms with Gasteiger partial charge in [-0.15, -0.1) is 0 Å². The normalized spacial score (nSPS) is 18.6. The van der Waals surface area contributed by atoms with Gasteiger partial charge in [0, 0.05) is 44.0 Å². The van der Waals surface area contributed by atoms with Crippen LogP contribution in [0.5, 0.6) is 0 Å². The quantitative estimate of drug-likeness (QED) is 0.364. The van der Waals surface area contributed by atoms with Crippen molar-refractivity contribution in [1.82, 2.24) is 24.7 Å². The number of ether oxygens (including phenoxy) is 1. The van der Waals surface area contributed by atoms with E-state index in [-0.39, 0.29) is 24.2 Å². The van der Waals surface area contributed by atoms with Gasteiger partial charge in [-0.2, -0.15) is 23.8 Å². The molecule has 0 radical (unpaired) electrons. The van der Waals surface area contributed by atoms with Crippen LogP contribution in [0.25, 0.3) is 21.6 Å². The Morgan fingerprint density at radius 2 is 1.94 bits per heavy atom. The molecular formula is C22H21F4N7OS. The van der Waals surface area contributed by atoms with E-state index in [4.69, 9.17) is 4.74 Å². The summed E-state index contributed by atoms with van der Waals surface area (Å²) < 4.78 is 61.5. The van der Waals surface area contributed by atoms with E-state index in [1.165, 1.54) is 35.9 Å². The highest BCUT2D eigenvalue weighted by Gasteiger charge is 2.31. The van der Waals surface area contributed by atoms with Crippen LogP contribution in [-0.2, 0) is 4.74 Å². The number of hydrogen-bond acceptors (Lipinski definition) is 8. The molecule has 0 amide bonds. The van der Waals surface area contributed by atoms with Crippen molar-refractivity contribution in [2.75, 3.05) is 37.0 Å². The zero-order valence-electron chi connectivity index (χ0n) is 19.0. The Labute approximate surface area is 201 Å². The number of anilines is 2. The lowest BCUT2D eigenvalue weighted by Gasteiger charge is -2.36. The fraction of sp³-hybridized carbons (Fsp3) is 0.364. The maximum atomic E-state index is 14.8. The smallest absolute Gasteiger partial charge is 0.333 e. The number of nitrogens with zero attached hydrogens (tertiary/aromatic N) is 7. The van der Waals surface area contributed by atoms with Crippen molar-refractivity contribution in [2.24, 2.45) is 0 Å². The minimum absolute atomic E-state index is 0.130. The lowest BCUT2D eigenvalue weighted by atomic mass is 10.1. The van der Waals surface area contributed by atoms with E-state index in [9.17, 15) is 17.6 Å². The zero-order chi connectivity index (χ0) is 24.9. The maximum Gasteiger partial charge on any atom is 0.333 e. The topological polar surface area (TPSA) is 72.2 Å². The summed E-state index contributed by atoms with van der Waals surface area (Å²) >= 11 is 1.30. The molecule has 4 aromatic rings. The molecule has 3 aromatic heterocycles. The number of morpholine rings is 1. The number of aromatic nitrogens is 5.